The molecule has 0 saturated carbocycles. The molecule has 1 fully saturated rings. The summed E-state index contributed by atoms with van der Waals surface area (Å²) >= 11 is 0. The molecule has 0 amide bonds. The Labute approximate surface area is 63.8 Å². The van der Waals surface area contributed by atoms with Crippen molar-refractivity contribution >= 4 is 0 Å². The van der Waals surface area contributed by atoms with E-state index in [0.29, 0.717) is 12.2 Å². The average Bonchev–Trinajstić information content (AvgIpc) is 2.17. The maximum Gasteiger partial charge on any atom is 0.0605 e. The van der Waals surface area contributed by atoms with Gasteiger partial charge in [-0.3, -0.25) is 0 Å². The van der Waals surface area contributed by atoms with Crippen molar-refractivity contribution in [3.8, 4) is 0 Å². The summed E-state index contributed by atoms with van der Waals surface area (Å²) in [5.41, 5.74) is 0. The van der Waals surface area contributed by atoms with E-state index in [4.69, 9.17) is 4.74 Å². The minimum absolute atomic E-state index is 0.472. The van der Waals surface area contributed by atoms with Crippen LogP contribution in [0.5, 0.6) is 0 Å². The van der Waals surface area contributed by atoms with E-state index in [2.05, 4.69) is 27.7 Å². The second-order valence-electron chi connectivity index (χ2n) is 3.51. The highest BCUT2D eigenvalue weighted by molar-refractivity contribution is 4.82. The van der Waals surface area contributed by atoms with Gasteiger partial charge in [-0.1, -0.05) is 20.8 Å². The van der Waals surface area contributed by atoms with Gasteiger partial charge in [0.05, 0.1) is 12.2 Å². The second kappa shape index (κ2) is 2.91. The lowest BCUT2D eigenvalue weighted by Gasteiger charge is -2.12. The fourth-order valence-electron chi connectivity index (χ4n) is 1.76. The van der Waals surface area contributed by atoms with Gasteiger partial charge in [-0.25, -0.2) is 0 Å². The lowest BCUT2D eigenvalue weighted by Crippen LogP contribution is -2.14. The number of rotatable bonds is 1. The predicted molar refractivity (Wildman–Crippen MR) is 43.0 cm³/mol. The molecule has 0 spiro atoms. The van der Waals surface area contributed by atoms with E-state index >= 15 is 0 Å². The van der Waals surface area contributed by atoms with Crippen molar-refractivity contribution in [2.45, 2.75) is 46.3 Å². The summed E-state index contributed by atoms with van der Waals surface area (Å²) in [6.45, 7) is 8.95. The van der Waals surface area contributed by atoms with Crippen molar-refractivity contribution in [2.24, 2.45) is 11.8 Å². The van der Waals surface area contributed by atoms with E-state index in [1.807, 2.05) is 0 Å². The molecule has 1 heterocycles. The molecule has 1 aliphatic rings. The summed E-state index contributed by atoms with van der Waals surface area (Å²) in [5.74, 6) is 1.49. The molecule has 0 aliphatic carbocycles. The summed E-state index contributed by atoms with van der Waals surface area (Å²) < 4.78 is 5.73. The molecule has 1 saturated heterocycles. The first-order valence-corrected chi connectivity index (χ1v) is 4.32. The van der Waals surface area contributed by atoms with Crippen molar-refractivity contribution in [3.63, 3.8) is 0 Å². The first-order chi connectivity index (χ1) is 4.66. The SMILES string of the molecule is CC[C@@H]1OC(C)C(C)[C@@H]1C. The molecule has 0 N–H and O–H groups in total. The summed E-state index contributed by atoms with van der Waals surface area (Å²) in [4.78, 5) is 0. The largest absolute Gasteiger partial charge is 0.375 e. The summed E-state index contributed by atoms with van der Waals surface area (Å²) in [5, 5.41) is 0. The molecule has 0 bridgehead atoms. The molecule has 60 valence electrons. The third kappa shape index (κ3) is 1.20. The molecular formula is C9H18O. The molecule has 1 rings (SSSR count). The molecule has 1 heteroatoms. The van der Waals surface area contributed by atoms with Gasteiger partial charge in [0, 0.05) is 0 Å². The van der Waals surface area contributed by atoms with Gasteiger partial charge in [0.25, 0.3) is 0 Å². The Balaban J connectivity index is 2.53. The molecule has 0 radical (unpaired) electrons. The van der Waals surface area contributed by atoms with Crippen molar-refractivity contribution in [2.75, 3.05) is 0 Å². The van der Waals surface area contributed by atoms with Crippen LogP contribution >= 0.6 is 0 Å². The van der Waals surface area contributed by atoms with Gasteiger partial charge in [-0.2, -0.15) is 0 Å². The minimum atomic E-state index is 0.472. The third-order valence-electron chi connectivity index (χ3n) is 2.95. The topological polar surface area (TPSA) is 9.23 Å². The predicted octanol–water partition coefficient (Wildman–Crippen LogP) is 2.46. The number of hydrogen-bond acceptors (Lipinski definition) is 1. The van der Waals surface area contributed by atoms with Crippen LogP contribution in [0.4, 0.5) is 0 Å². The smallest absolute Gasteiger partial charge is 0.0605 e. The van der Waals surface area contributed by atoms with Crippen LogP contribution in [0.1, 0.15) is 34.1 Å². The van der Waals surface area contributed by atoms with E-state index in [9.17, 15) is 0 Å². The van der Waals surface area contributed by atoms with Gasteiger partial charge >= 0.3 is 0 Å². The van der Waals surface area contributed by atoms with Crippen LogP contribution in [0.2, 0.25) is 0 Å². The van der Waals surface area contributed by atoms with Crippen molar-refractivity contribution in [3.05, 3.63) is 0 Å². The van der Waals surface area contributed by atoms with Crippen LogP contribution < -0.4 is 0 Å². The Kier molecular flexibility index (Phi) is 2.35. The van der Waals surface area contributed by atoms with Gasteiger partial charge in [0.15, 0.2) is 0 Å². The van der Waals surface area contributed by atoms with Crippen molar-refractivity contribution < 1.29 is 4.74 Å². The molecule has 1 aliphatic heterocycles. The highest BCUT2D eigenvalue weighted by Gasteiger charge is 2.34. The standard InChI is InChI=1S/C9H18O/c1-5-9-7(3)6(2)8(4)10-9/h6-9H,5H2,1-4H3/t6?,7-,8?,9-/m0/s1. The normalized spacial score (nSPS) is 48.0. The summed E-state index contributed by atoms with van der Waals surface area (Å²) in [6.07, 6.45) is 2.15. The zero-order chi connectivity index (χ0) is 7.72. The monoisotopic (exact) mass is 142 g/mol. The van der Waals surface area contributed by atoms with Crippen molar-refractivity contribution in [1.82, 2.24) is 0 Å². The van der Waals surface area contributed by atoms with Gasteiger partial charge in [-0.15, -0.1) is 0 Å². The van der Waals surface area contributed by atoms with E-state index in [1.54, 1.807) is 0 Å². The highest BCUT2D eigenvalue weighted by atomic mass is 16.5. The molecule has 0 aromatic rings. The first kappa shape index (κ1) is 8.06. The van der Waals surface area contributed by atoms with Gasteiger partial charge < -0.3 is 4.74 Å². The fraction of sp³-hybridized carbons (Fsp3) is 1.00. The molecule has 0 aromatic carbocycles. The quantitative estimate of drug-likeness (QED) is 0.546. The third-order valence-corrected chi connectivity index (χ3v) is 2.95. The van der Waals surface area contributed by atoms with Crippen LogP contribution in [0, 0.1) is 11.8 Å². The molecule has 10 heavy (non-hydrogen) atoms. The minimum Gasteiger partial charge on any atom is -0.375 e. The van der Waals surface area contributed by atoms with Crippen LogP contribution in [-0.4, -0.2) is 12.2 Å². The Morgan fingerprint density at radius 3 is 1.90 bits per heavy atom. The van der Waals surface area contributed by atoms with Crippen LogP contribution in [0.25, 0.3) is 0 Å². The van der Waals surface area contributed by atoms with Crippen molar-refractivity contribution in [1.29, 1.82) is 0 Å². The Morgan fingerprint density at radius 1 is 1.10 bits per heavy atom. The van der Waals surface area contributed by atoms with Gasteiger partial charge in [0.2, 0.25) is 0 Å². The lowest BCUT2D eigenvalue weighted by molar-refractivity contribution is 0.0393. The van der Waals surface area contributed by atoms with E-state index in [1.165, 1.54) is 0 Å². The Bertz CT molecular complexity index is 111. The van der Waals surface area contributed by atoms with E-state index in [-0.39, 0.29) is 0 Å². The zero-order valence-electron chi connectivity index (χ0n) is 7.42. The number of ether oxygens (including phenoxy) is 1. The Hall–Kier alpha value is -0.0400. The summed E-state index contributed by atoms with van der Waals surface area (Å²) in [7, 11) is 0. The van der Waals surface area contributed by atoms with Crippen LogP contribution in [-0.2, 0) is 4.74 Å². The number of hydrogen-bond donors (Lipinski definition) is 0. The lowest BCUT2D eigenvalue weighted by atomic mass is 9.90. The zero-order valence-corrected chi connectivity index (χ0v) is 7.42. The van der Waals surface area contributed by atoms with E-state index in [0.717, 1.165) is 18.3 Å². The Morgan fingerprint density at radius 2 is 1.70 bits per heavy atom. The average molecular weight is 142 g/mol. The molecule has 0 aromatic heterocycles. The highest BCUT2D eigenvalue weighted by Crippen LogP contribution is 2.32. The fourth-order valence-corrected chi connectivity index (χ4v) is 1.76. The summed E-state index contributed by atoms with van der Waals surface area (Å²) in [6, 6.07) is 0. The molecule has 4 atom stereocenters. The maximum absolute atomic E-state index is 5.73. The first-order valence-electron chi connectivity index (χ1n) is 4.32. The molecule has 1 nitrogen and oxygen atoms in total. The maximum atomic E-state index is 5.73. The van der Waals surface area contributed by atoms with Crippen LogP contribution in [0.15, 0.2) is 0 Å². The molecule has 2 unspecified atom stereocenters. The van der Waals surface area contributed by atoms with Crippen LogP contribution in [0.3, 0.4) is 0 Å². The van der Waals surface area contributed by atoms with Gasteiger partial charge in [0.1, 0.15) is 0 Å². The molecular weight excluding hydrogens is 124 g/mol. The van der Waals surface area contributed by atoms with Gasteiger partial charge in [-0.05, 0) is 25.2 Å². The second-order valence-corrected chi connectivity index (χ2v) is 3.51. The van der Waals surface area contributed by atoms with E-state index < -0.39 is 0 Å².